The molecule has 2 aliphatic heterocycles. The van der Waals surface area contributed by atoms with Gasteiger partial charge in [-0.25, -0.2) is 0 Å². The van der Waals surface area contributed by atoms with Gasteiger partial charge in [-0.15, -0.1) is 0 Å². The molecule has 14 heavy (non-hydrogen) atoms. The minimum Gasteiger partial charge on any atom is -0.330 e. The molecule has 2 saturated heterocycles. The van der Waals surface area contributed by atoms with Gasteiger partial charge in [-0.3, -0.25) is 4.79 Å². The van der Waals surface area contributed by atoms with Crippen LogP contribution in [0.3, 0.4) is 0 Å². The van der Waals surface area contributed by atoms with Crippen molar-refractivity contribution in [3.05, 3.63) is 0 Å². The molecule has 2 aliphatic rings. The Morgan fingerprint density at radius 2 is 2.21 bits per heavy atom. The predicted octanol–water partition coefficient (Wildman–Crippen LogP) is 1.36. The number of hydrogen-bond donors (Lipinski definition) is 0. The van der Waals surface area contributed by atoms with Crippen LogP contribution in [-0.4, -0.2) is 29.2 Å². The second-order valence-corrected chi connectivity index (χ2v) is 4.36. The van der Waals surface area contributed by atoms with Crippen LogP contribution in [0.1, 0.15) is 39.0 Å². The third-order valence-corrected chi connectivity index (χ3v) is 3.72. The number of aldehydes is 1. The van der Waals surface area contributed by atoms with E-state index in [4.69, 9.17) is 0 Å². The van der Waals surface area contributed by atoms with Crippen molar-refractivity contribution in [3.63, 3.8) is 0 Å². The molecule has 1 amide bonds. The second-order valence-electron chi connectivity index (χ2n) is 4.36. The van der Waals surface area contributed by atoms with Crippen LogP contribution in [0.25, 0.3) is 0 Å². The number of hydrogen-bond acceptors (Lipinski definition) is 2. The number of nitrogens with zero attached hydrogens (tertiary/aromatic N) is 1. The Kier molecular flexibility index (Phi) is 2.57. The molecule has 3 atom stereocenters. The van der Waals surface area contributed by atoms with Crippen molar-refractivity contribution in [3.8, 4) is 0 Å². The van der Waals surface area contributed by atoms with Crippen molar-refractivity contribution < 1.29 is 9.59 Å². The summed E-state index contributed by atoms with van der Waals surface area (Å²) in [6, 6.07) is 0.231. The Morgan fingerprint density at radius 1 is 1.43 bits per heavy atom. The molecule has 3 nitrogen and oxygen atoms in total. The van der Waals surface area contributed by atoms with E-state index >= 15 is 0 Å². The van der Waals surface area contributed by atoms with Crippen LogP contribution in [0.5, 0.6) is 0 Å². The smallest absolute Gasteiger partial charge is 0.223 e. The zero-order chi connectivity index (χ0) is 10.1. The van der Waals surface area contributed by atoms with Gasteiger partial charge in [0.15, 0.2) is 0 Å². The molecule has 3 heteroatoms. The van der Waals surface area contributed by atoms with Crippen molar-refractivity contribution in [2.45, 2.75) is 51.1 Å². The van der Waals surface area contributed by atoms with Crippen LogP contribution in [-0.2, 0) is 9.59 Å². The van der Waals surface area contributed by atoms with Gasteiger partial charge in [0.2, 0.25) is 5.91 Å². The maximum atomic E-state index is 11.6. The number of fused-ring (bicyclic) bond motifs is 1. The van der Waals surface area contributed by atoms with E-state index in [1.807, 2.05) is 4.90 Å². The van der Waals surface area contributed by atoms with E-state index in [9.17, 15) is 9.59 Å². The third-order valence-electron chi connectivity index (χ3n) is 3.72. The van der Waals surface area contributed by atoms with Gasteiger partial charge in [0.25, 0.3) is 0 Å². The minimum atomic E-state index is -0.127. The Morgan fingerprint density at radius 3 is 2.86 bits per heavy atom. The molecule has 3 unspecified atom stereocenters. The molecule has 0 N–H and O–H groups in total. The molecule has 78 valence electrons. The van der Waals surface area contributed by atoms with E-state index in [0.29, 0.717) is 18.4 Å². The molecule has 0 aromatic carbocycles. The Hall–Kier alpha value is -0.860. The second kappa shape index (κ2) is 3.71. The van der Waals surface area contributed by atoms with E-state index in [1.54, 1.807) is 0 Å². The highest BCUT2D eigenvalue weighted by Crippen LogP contribution is 2.36. The summed E-state index contributed by atoms with van der Waals surface area (Å²) in [5.41, 5.74) is 0. The number of carbonyl (C=O) groups excluding carboxylic acids is 2. The molecule has 0 radical (unpaired) electrons. The van der Waals surface area contributed by atoms with Crippen molar-refractivity contribution in [1.82, 2.24) is 4.90 Å². The van der Waals surface area contributed by atoms with Gasteiger partial charge in [0.05, 0.1) is 6.04 Å². The third kappa shape index (κ3) is 1.35. The SMILES string of the molecule is CCC1CCC(C=O)N2C(=O)CCC12. The van der Waals surface area contributed by atoms with Gasteiger partial charge < -0.3 is 9.69 Å². The van der Waals surface area contributed by atoms with E-state index in [-0.39, 0.29) is 11.9 Å². The fourth-order valence-corrected chi connectivity index (χ4v) is 2.94. The van der Waals surface area contributed by atoms with Crippen LogP contribution >= 0.6 is 0 Å². The summed E-state index contributed by atoms with van der Waals surface area (Å²) in [6.45, 7) is 2.17. The largest absolute Gasteiger partial charge is 0.330 e. The standard InChI is InChI=1S/C11H17NO2/c1-2-8-3-4-9(7-13)12-10(8)5-6-11(12)14/h7-10H,2-6H2,1H3. The number of carbonyl (C=O) groups is 2. The summed E-state index contributed by atoms with van der Waals surface area (Å²) in [7, 11) is 0. The molecule has 0 bridgehead atoms. The first kappa shape index (κ1) is 9.69. The molecule has 0 saturated carbocycles. The number of amides is 1. The van der Waals surface area contributed by atoms with Crippen molar-refractivity contribution in [2.75, 3.05) is 0 Å². The summed E-state index contributed by atoms with van der Waals surface area (Å²) in [5, 5.41) is 0. The zero-order valence-corrected chi connectivity index (χ0v) is 8.61. The first-order valence-electron chi connectivity index (χ1n) is 5.54. The van der Waals surface area contributed by atoms with Gasteiger partial charge in [-0.1, -0.05) is 13.3 Å². The monoisotopic (exact) mass is 195 g/mol. The van der Waals surface area contributed by atoms with E-state index < -0.39 is 0 Å². The Bertz CT molecular complexity index is 252. The van der Waals surface area contributed by atoms with Crippen molar-refractivity contribution in [2.24, 2.45) is 5.92 Å². The normalized spacial score (nSPS) is 37.1. The van der Waals surface area contributed by atoms with Crippen LogP contribution in [0, 0.1) is 5.92 Å². The van der Waals surface area contributed by atoms with Gasteiger partial charge >= 0.3 is 0 Å². The maximum absolute atomic E-state index is 11.6. The number of piperidine rings is 1. The fourth-order valence-electron chi connectivity index (χ4n) is 2.94. The number of rotatable bonds is 2. The topological polar surface area (TPSA) is 37.4 Å². The molecule has 2 fully saturated rings. The fraction of sp³-hybridized carbons (Fsp3) is 0.818. The van der Waals surface area contributed by atoms with E-state index in [2.05, 4.69) is 6.92 Å². The molecule has 0 aromatic heterocycles. The molecule has 0 spiro atoms. The van der Waals surface area contributed by atoms with Crippen molar-refractivity contribution >= 4 is 12.2 Å². The van der Waals surface area contributed by atoms with Gasteiger partial charge in [0.1, 0.15) is 6.29 Å². The lowest BCUT2D eigenvalue weighted by Crippen LogP contribution is -2.49. The first-order valence-corrected chi connectivity index (χ1v) is 5.54. The van der Waals surface area contributed by atoms with Gasteiger partial charge in [-0.05, 0) is 25.2 Å². The van der Waals surface area contributed by atoms with Gasteiger partial charge in [0, 0.05) is 12.5 Å². The molecule has 2 rings (SSSR count). The van der Waals surface area contributed by atoms with Crippen LogP contribution < -0.4 is 0 Å². The highest BCUT2D eigenvalue weighted by atomic mass is 16.2. The highest BCUT2D eigenvalue weighted by molar-refractivity contribution is 5.82. The van der Waals surface area contributed by atoms with E-state index in [1.165, 1.54) is 0 Å². The van der Waals surface area contributed by atoms with Crippen molar-refractivity contribution in [1.29, 1.82) is 0 Å². The predicted molar refractivity (Wildman–Crippen MR) is 52.7 cm³/mol. The quantitative estimate of drug-likeness (QED) is 0.624. The van der Waals surface area contributed by atoms with Crippen LogP contribution in [0.15, 0.2) is 0 Å². The highest BCUT2D eigenvalue weighted by Gasteiger charge is 2.42. The molecule has 0 aliphatic carbocycles. The summed E-state index contributed by atoms with van der Waals surface area (Å²) in [4.78, 5) is 24.3. The van der Waals surface area contributed by atoms with Gasteiger partial charge in [-0.2, -0.15) is 0 Å². The van der Waals surface area contributed by atoms with Crippen LogP contribution in [0.2, 0.25) is 0 Å². The molecular formula is C11H17NO2. The average Bonchev–Trinajstić information content (AvgIpc) is 2.60. The summed E-state index contributed by atoms with van der Waals surface area (Å²) in [5.74, 6) is 0.808. The molecule has 0 aromatic rings. The maximum Gasteiger partial charge on any atom is 0.223 e. The summed E-state index contributed by atoms with van der Waals surface area (Å²) < 4.78 is 0. The lowest BCUT2D eigenvalue weighted by atomic mass is 9.84. The lowest BCUT2D eigenvalue weighted by molar-refractivity contribution is -0.137. The lowest BCUT2D eigenvalue weighted by Gasteiger charge is -2.40. The minimum absolute atomic E-state index is 0.127. The summed E-state index contributed by atoms with van der Waals surface area (Å²) >= 11 is 0. The molecular weight excluding hydrogens is 178 g/mol. The van der Waals surface area contributed by atoms with E-state index in [0.717, 1.165) is 32.0 Å². The molecule has 2 heterocycles. The Labute approximate surface area is 84.5 Å². The Balaban J connectivity index is 2.19. The average molecular weight is 195 g/mol. The zero-order valence-electron chi connectivity index (χ0n) is 8.61. The first-order chi connectivity index (χ1) is 6.77. The van der Waals surface area contributed by atoms with Crippen LogP contribution in [0.4, 0.5) is 0 Å². The summed E-state index contributed by atoms with van der Waals surface area (Å²) in [6.07, 6.45) is 5.65.